The maximum Gasteiger partial charge on any atom is 0.119 e. The summed E-state index contributed by atoms with van der Waals surface area (Å²) in [5.41, 5.74) is 3.98. The Bertz CT molecular complexity index is 530. The third-order valence-electron chi connectivity index (χ3n) is 3.40. The predicted octanol–water partition coefficient (Wildman–Crippen LogP) is 2.38. The lowest BCUT2D eigenvalue weighted by atomic mass is 10.0. The molecule has 1 aliphatic rings. The standard InChI is InChI=1S/C13H16N2O/c1-8-13-10(5-6-14-8)11-7-9(16-2)3-4-12(11)15-13/h3-4,7-8,14-15H,5-6H2,1-2H3/t8-/m0/s1. The molecular formula is C13H16N2O. The molecule has 0 unspecified atom stereocenters. The number of methoxy groups -OCH3 is 1. The van der Waals surface area contributed by atoms with Crippen molar-refractivity contribution in [3.8, 4) is 5.75 Å². The van der Waals surface area contributed by atoms with Crippen LogP contribution >= 0.6 is 0 Å². The van der Waals surface area contributed by atoms with Gasteiger partial charge in [-0.2, -0.15) is 0 Å². The lowest BCUT2D eigenvalue weighted by molar-refractivity contribution is 0.415. The maximum absolute atomic E-state index is 5.28. The average molecular weight is 216 g/mol. The van der Waals surface area contributed by atoms with E-state index in [9.17, 15) is 0 Å². The maximum atomic E-state index is 5.28. The van der Waals surface area contributed by atoms with Gasteiger partial charge >= 0.3 is 0 Å². The van der Waals surface area contributed by atoms with Crippen molar-refractivity contribution >= 4 is 10.9 Å². The first-order valence-electron chi connectivity index (χ1n) is 5.71. The number of rotatable bonds is 1. The van der Waals surface area contributed by atoms with Crippen LogP contribution in [0, 0.1) is 0 Å². The van der Waals surface area contributed by atoms with Gasteiger partial charge < -0.3 is 15.0 Å². The van der Waals surface area contributed by atoms with Gasteiger partial charge in [0.1, 0.15) is 5.75 Å². The summed E-state index contributed by atoms with van der Waals surface area (Å²) >= 11 is 0. The molecule has 1 aliphatic heterocycles. The van der Waals surface area contributed by atoms with Gasteiger partial charge in [-0.25, -0.2) is 0 Å². The van der Waals surface area contributed by atoms with Crippen molar-refractivity contribution in [1.29, 1.82) is 0 Å². The number of aromatic nitrogens is 1. The highest BCUT2D eigenvalue weighted by atomic mass is 16.5. The molecule has 0 amide bonds. The summed E-state index contributed by atoms with van der Waals surface area (Å²) in [4.78, 5) is 3.50. The van der Waals surface area contributed by atoms with Crippen molar-refractivity contribution in [1.82, 2.24) is 10.3 Å². The summed E-state index contributed by atoms with van der Waals surface area (Å²) in [5, 5.41) is 4.77. The van der Waals surface area contributed by atoms with Crippen molar-refractivity contribution < 1.29 is 4.74 Å². The highest BCUT2D eigenvalue weighted by Crippen LogP contribution is 2.31. The molecule has 1 aromatic carbocycles. The average Bonchev–Trinajstić information content (AvgIpc) is 2.68. The lowest BCUT2D eigenvalue weighted by Crippen LogP contribution is -2.27. The predicted molar refractivity (Wildman–Crippen MR) is 65.0 cm³/mol. The number of H-pyrrole nitrogens is 1. The van der Waals surface area contributed by atoms with Crippen molar-refractivity contribution in [2.75, 3.05) is 13.7 Å². The molecule has 3 nitrogen and oxygen atoms in total. The molecule has 1 aromatic heterocycles. The summed E-state index contributed by atoms with van der Waals surface area (Å²) in [5.74, 6) is 0.931. The van der Waals surface area contributed by atoms with Gasteiger partial charge in [-0.05, 0) is 43.7 Å². The minimum Gasteiger partial charge on any atom is -0.497 e. The van der Waals surface area contributed by atoms with E-state index in [4.69, 9.17) is 4.74 Å². The molecule has 3 heteroatoms. The summed E-state index contributed by atoms with van der Waals surface area (Å²) in [6.07, 6.45) is 1.09. The van der Waals surface area contributed by atoms with Crippen molar-refractivity contribution in [3.63, 3.8) is 0 Å². The van der Waals surface area contributed by atoms with Gasteiger partial charge in [-0.1, -0.05) is 0 Å². The van der Waals surface area contributed by atoms with E-state index in [0.717, 1.165) is 18.7 Å². The minimum absolute atomic E-state index is 0.419. The highest BCUT2D eigenvalue weighted by molar-refractivity contribution is 5.86. The summed E-state index contributed by atoms with van der Waals surface area (Å²) in [7, 11) is 1.71. The Hall–Kier alpha value is -1.48. The van der Waals surface area contributed by atoms with Gasteiger partial charge in [0, 0.05) is 22.6 Å². The zero-order valence-electron chi connectivity index (χ0n) is 9.63. The van der Waals surface area contributed by atoms with Gasteiger partial charge in [0.05, 0.1) is 7.11 Å². The molecule has 3 rings (SSSR count). The third kappa shape index (κ3) is 1.32. The van der Waals surface area contributed by atoms with Gasteiger partial charge in [0.25, 0.3) is 0 Å². The van der Waals surface area contributed by atoms with Crippen LogP contribution in [0.3, 0.4) is 0 Å². The number of ether oxygens (including phenoxy) is 1. The molecule has 0 spiro atoms. The van der Waals surface area contributed by atoms with Crippen LogP contribution < -0.4 is 10.1 Å². The zero-order valence-corrected chi connectivity index (χ0v) is 9.63. The quantitative estimate of drug-likeness (QED) is 0.768. The fourth-order valence-electron chi connectivity index (χ4n) is 2.53. The van der Waals surface area contributed by atoms with E-state index >= 15 is 0 Å². The first-order chi connectivity index (χ1) is 7.79. The van der Waals surface area contributed by atoms with Gasteiger partial charge in [-0.3, -0.25) is 0 Å². The number of fused-ring (bicyclic) bond motifs is 3. The van der Waals surface area contributed by atoms with E-state index in [1.54, 1.807) is 7.11 Å². The van der Waals surface area contributed by atoms with Gasteiger partial charge in [0.15, 0.2) is 0 Å². The zero-order chi connectivity index (χ0) is 11.1. The Labute approximate surface area is 94.8 Å². The van der Waals surface area contributed by atoms with Gasteiger partial charge in [0.2, 0.25) is 0 Å². The van der Waals surface area contributed by atoms with Crippen molar-refractivity contribution in [2.45, 2.75) is 19.4 Å². The number of aromatic amines is 1. The van der Waals surface area contributed by atoms with E-state index in [2.05, 4.69) is 29.4 Å². The molecule has 2 heterocycles. The molecule has 0 fully saturated rings. The monoisotopic (exact) mass is 216 g/mol. The van der Waals surface area contributed by atoms with Crippen molar-refractivity contribution in [2.24, 2.45) is 0 Å². The van der Waals surface area contributed by atoms with Crippen LogP contribution in [-0.4, -0.2) is 18.6 Å². The Morgan fingerprint density at radius 1 is 1.38 bits per heavy atom. The summed E-state index contributed by atoms with van der Waals surface area (Å²) in [6.45, 7) is 3.25. The largest absolute Gasteiger partial charge is 0.497 e. The van der Waals surface area contributed by atoms with Crippen LogP contribution in [0.2, 0.25) is 0 Å². The van der Waals surface area contributed by atoms with E-state index in [-0.39, 0.29) is 0 Å². The second kappa shape index (κ2) is 3.52. The van der Waals surface area contributed by atoms with Crippen LogP contribution in [0.25, 0.3) is 10.9 Å². The molecule has 16 heavy (non-hydrogen) atoms. The molecule has 2 N–H and O–H groups in total. The van der Waals surface area contributed by atoms with Crippen LogP contribution in [-0.2, 0) is 6.42 Å². The second-order valence-corrected chi connectivity index (χ2v) is 4.35. The summed E-state index contributed by atoms with van der Waals surface area (Å²) in [6, 6.07) is 6.65. The fraction of sp³-hybridized carbons (Fsp3) is 0.385. The van der Waals surface area contributed by atoms with Crippen molar-refractivity contribution in [3.05, 3.63) is 29.5 Å². The first kappa shape index (κ1) is 9.73. The van der Waals surface area contributed by atoms with Crippen LogP contribution in [0.15, 0.2) is 18.2 Å². The summed E-state index contributed by atoms with van der Waals surface area (Å²) < 4.78 is 5.28. The number of hydrogen-bond acceptors (Lipinski definition) is 2. The molecule has 0 saturated carbocycles. The van der Waals surface area contributed by atoms with E-state index in [1.165, 1.54) is 22.2 Å². The van der Waals surface area contributed by atoms with E-state index < -0.39 is 0 Å². The van der Waals surface area contributed by atoms with Crippen LogP contribution in [0.4, 0.5) is 0 Å². The Balaban J connectivity index is 2.25. The molecule has 1 atom stereocenters. The molecule has 0 bridgehead atoms. The fourth-order valence-corrected chi connectivity index (χ4v) is 2.53. The molecule has 0 aliphatic carbocycles. The minimum atomic E-state index is 0.419. The number of benzene rings is 1. The van der Waals surface area contributed by atoms with E-state index in [1.807, 2.05) is 6.07 Å². The molecule has 2 aromatic rings. The van der Waals surface area contributed by atoms with E-state index in [0.29, 0.717) is 6.04 Å². The molecule has 84 valence electrons. The Morgan fingerprint density at radius 2 is 2.25 bits per heavy atom. The van der Waals surface area contributed by atoms with Gasteiger partial charge in [-0.15, -0.1) is 0 Å². The Kier molecular flexibility index (Phi) is 2.14. The normalized spacial score (nSPS) is 19.8. The molecule has 0 radical (unpaired) electrons. The first-order valence-corrected chi connectivity index (χ1v) is 5.71. The Morgan fingerprint density at radius 3 is 3.06 bits per heavy atom. The topological polar surface area (TPSA) is 37.0 Å². The number of nitrogens with one attached hydrogen (secondary N) is 2. The molecular weight excluding hydrogens is 200 g/mol. The second-order valence-electron chi connectivity index (χ2n) is 4.35. The van der Waals surface area contributed by atoms with Crippen LogP contribution in [0.1, 0.15) is 24.2 Å². The number of hydrogen-bond donors (Lipinski definition) is 2. The molecule has 0 saturated heterocycles. The highest BCUT2D eigenvalue weighted by Gasteiger charge is 2.20. The lowest BCUT2D eigenvalue weighted by Gasteiger charge is -2.20. The third-order valence-corrected chi connectivity index (χ3v) is 3.40. The van der Waals surface area contributed by atoms with Crippen LogP contribution in [0.5, 0.6) is 5.75 Å². The smallest absolute Gasteiger partial charge is 0.119 e. The SMILES string of the molecule is COc1ccc2[nH]c3c(c2c1)CCN[C@H]3C.